The number of rotatable bonds is 4. The number of aliphatic hydroxyl groups excluding tert-OH is 1. The van der Waals surface area contributed by atoms with Crippen molar-refractivity contribution >= 4 is 11.0 Å². The topological polar surface area (TPSA) is 55.9 Å². The molecule has 110 valence electrons. The molecule has 2 aromatic heterocycles. The maximum atomic E-state index is 10.5. The molecule has 5 heteroatoms. The first-order valence-electron chi connectivity index (χ1n) is 7.21. The molecule has 0 amide bonds. The predicted octanol–water partition coefficient (Wildman–Crippen LogP) is 2.15. The van der Waals surface area contributed by atoms with Crippen molar-refractivity contribution in [2.24, 2.45) is 14.1 Å². The van der Waals surface area contributed by atoms with Crippen molar-refractivity contribution in [1.29, 1.82) is 0 Å². The summed E-state index contributed by atoms with van der Waals surface area (Å²) in [7, 11) is 3.87. The average Bonchev–Trinajstić information content (AvgIpc) is 3.01. The highest BCUT2D eigenvalue weighted by atomic mass is 16.3. The van der Waals surface area contributed by atoms with Crippen LogP contribution in [0.15, 0.2) is 30.5 Å². The number of aromatic nitrogens is 4. The van der Waals surface area contributed by atoms with E-state index in [4.69, 9.17) is 0 Å². The molecule has 0 radical (unpaired) electrons. The predicted molar refractivity (Wildman–Crippen MR) is 82.0 cm³/mol. The Morgan fingerprint density at radius 3 is 2.71 bits per heavy atom. The Bertz CT molecular complexity index is 772. The van der Waals surface area contributed by atoms with Crippen molar-refractivity contribution in [3.63, 3.8) is 0 Å². The van der Waals surface area contributed by atoms with E-state index in [1.54, 1.807) is 4.68 Å². The summed E-state index contributed by atoms with van der Waals surface area (Å²) in [5, 5.41) is 14.9. The van der Waals surface area contributed by atoms with Crippen molar-refractivity contribution < 1.29 is 5.11 Å². The van der Waals surface area contributed by atoms with Crippen LogP contribution in [0.2, 0.25) is 0 Å². The zero-order chi connectivity index (χ0) is 15.0. The smallest absolute Gasteiger partial charge is 0.112 e. The fourth-order valence-electron chi connectivity index (χ4n) is 2.77. The minimum Gasteiger partial charge on any atom is -0.388 e. The monoisotopic (exact) mass is 284 g/mol. The molecule has 1 N–H and O–H groups in total. The van der Waals surface area contributed by atoms with E-state index in [2.05, 4.69) is 10.1 Å². The molecule has 3 rings (SSSR count). The lowest BCUT2D eigenvalue weighted by atomic mass is 10.1. The van der Waals surface area contributed by atoms with E-state index in [0.29, 0.717) is 6.42 Å². The maximum Gasteiger partial charge on any atom is 0.112 e. The normalized spacial score (nSPS) is 13.0. The molecule has 0 fully saturated rings. The third-order valence-electron chi connectivity index (χ3n) is 3.89. The molecule has 0 bridgehead atoms. The lowest BCUT2D eigenvalue weighted by Gasteiger charge is -2.10. The highest BCUT2D eigenvalue weighted by Crippen LogP contribution is 2.23. The van der Waals surface area contributed by atoms with Gasteiger partial charge in [0.1, 0.15) is 5.82 Å². The summed E-state index contributed by atoms with van der Waals surface area (Å²) in [4.78, 5) is 4.62. The molecule has 0 spiro atoms. The van der Waals surface area contributed by atoms with Crippen molar-refractivity contribution in [2.75, 3.05) is 0 Å². The molecule has 0 saturated heterocycles. The molecule has 1 atom stereocenters. The van der Waals surface area contributed by atoms with Crippen LogP contribution in [0.25, 0.3) is 11.0 Å². The number of aliphatic hydroxyl groups is 1. The van der Waals surface area contributed by atoms with Crippen LogP contribution >= 0.6 is 0 Å². The molecule has 21 heavy (non-hydrogen) atoms. The third kappa shape index (κ3) is 2.45. The quantitative estimate of drug-likeness (QED) is 0.798. The molecule has 0 saturated carbocycles. The fourth-order valence-corrected chi connectivity index (χ4v) is 2.77. The zero-order valence-corrected chi connectivity index (χ0v) is 12.6. The summed E-state index contributed by atoms with van der Waals surface area (Å²) in [6.45, 7) is 2.05. The Hall–Kier alpha value is -2.14. The van der Waals surface area contributed by atoms with Crippen LogP contribution in [0.5, 0.6) is 0 Å². The van der Waals surface area contributed by atoms with E-state index in [1.165, 1.54) is 0 Å². The Morgan fingerprint density at radius 2 is 2.00 bits per heavy atom. The summed E-state index contributed by atoms with van der Waals surface area (Å²) >= 11 is 0. The summed E-state index contributed by atoms with van der Waals surface area (Å²) in [6.07, 6.45) is 2.62. The van der Waals surface area contributed by atoms with Crippen molar-refractivity contribution in [1.82, 2.24) is 19.3 Å². The summed E-state index contributed by atoms with van der Waals surface area (Å²) in [5.74, 6) is 0.884. The fraction of sp³-hybridized carbons (Fsp3) is 0.375. The van der Waals surface area contributed by atoms with Gasteiger partial charge in [0.15, 0.2) is 0 Å². The lowest BCUT2D eigenvalue weighted by molar-refractivity contribution is 0.174. The summed E-state index contributed by atoms with van der Waals surface area (Å²) < 4.78 is 3.80. The van der Waals surface area contributed by atoms with Gasteiger partial charge in [0, 0.05) is 32.3 Å². The van der Waals surface area contributed by atoms with Gasteiger partial charge in [-0.3, -0.25) is 4.68 Å². The Morgan fingerprint density at radius 1 is 1.24 bits per heavy atom. The molecular weight excluding hydrogens is 264 g/mol. The Labute approximate surface area is 123 Å². The van der Waals surface area contributed by atoms with E-state index >= 15 is 0 Å². The first kappa shape index (κ1) is 13.8. The molecule has 0 aliphatic rings. The summed E-state index contributed by atoms with van der Waals surface area (Å²) in [6, 6.07) is 8.01. The second-order valence-corrected chi connectivity index (χ2v) is 5.35. The van der Waals surface area contributed by atoms with Gasteiger partial charge in [-0.1, -0.05) is 19.1 Å². The van der Waals surface area contributed by atoms with Gasteiger partial charge in [0.05, 0.1) is 22.8 Å². The SMILES string of the molecule is CCc1nn(C)cc1C(O)Cc1nc2ccccc2n1C. The van der Waals surface area contributed by atoms with Gasteiger partial charge in [-0.15, -0.1) is 0 Å². The van der Waals surface area contributed by atoms with Gasteiger partial charge in [-0.25, -0.2) is 4.98 Å². The number of benzene rings is 1. The van der Waals surface area contributed by atoms with E-state index in [0.717, 1.165) is 34.5 Å². The molecule has 0 aliphatic carbocycles. The molecule has 1 aromatic carbocycles. The Kier molecular flexibility index (Phi) is 3.51. The van der Waals surface area contributed by atoms with Crippen LogP contribution in [0.4, 0.5) is 0 Å². The van der Waals surface area contributed by atoms with Gasteiger partial charge >= 0.3 is 0 Å². The highest BCUT2D eigenvalue weighted by molar-refractivity contribution is 5.75. The highest BCUT2D eigenvalue weighted by Gasteiger charge is 2.18. The second-order valence-electron chi connectivity index (χ2n) is 5.35. The minimum atomic E-state index is -0.579. The maximum absolute atomic E-state index is 10.5. The summed E-state index contributed by atoms with van der Waals surface area (Å²) in [5.41, 5.74) is 3.89. The van der Waals surface area contributed by atoms with E-state index in [1.807, 2.05) is 56.0 Å². The number of hydrogen-bond donors (Lipinski definition) is 1. The molecule has 5 nitrogen and oxygen atoms in total. The number of hydrogen-bond acceptors (Lipinski definition) is 3. The Balaban J connectivity index is 1.92. The van der Waals surface area contributed by atoms with Crippen LogP contribution < -0.4 is 0 Å². The van der Waals surface area contributed by atoms with Gasteiger partial charge in [-0.05, 0) is 18.6 Å². The first-order chi connectivity index (χ1) is 10.1. The van der Waals surface area contributed by atoms with Crippen molar-refractivity contribution in [3.8, 4) is 0 Å². The number of imidazole rings is 1. The van der Waals surface area contributed by atoms with Crippen LogP contribution in [0.3, 0.4) is 0 Å². The van der Waals surface area contributed by atoms with Gasteiger partial charge in [0.25, 0.3) is 0 Å². The standard InChI is InChI=1S/C16H20N4O/c1-4-12-11(10-19(2)18-12)15(21)9-16-17-13-7-5-6-8-14(13)20(16)3/h5-8,10,15,21H,4,9H2,1-3H3. The molecular formula is C16H20N4O. The van der Waals surface area contributed by atoms with Gasteiger partial charge < -0.3 is 9.67 Å². The van der Waals surface area contributed by atoms with E-state index < -0.39 is 6.10 Å². The molecule has 2 heterocycles. The van der Waals surface area contributed by atoms with Crippen molar-refractivity contribution in [2.45, 2.75) is 25.9 Å². The molecule has 3 aromatic rings. The number of fused-ring (bicyclic) bond motifs is 1. The molecule has 1 unspecified atom stereocenters. The average molecular weight is 284 g/mol. The molecule has 0 aliphatic heterocycles. The largest absolute Gasteiger partial charge is 0.388 e. The van der Waals surface area contributed by atoms with Crippen LogP contribution in [0, 0.1) is 0 Å². The lowest BCUT2D eigenvalue weighted by Crippen LogP contribution is -2.08. The van der Waals surface area contributed by atoms with Gasteiger partial charge in [-0.2, -0.15) is 5.10 Å². The second kappa shape index (κ2) is 5.33. The third-order valence-corrected chi connectivity index (χ3v) is 3.89. The van der Waals surface area contributed by atoms with Gasteiger partial charge in [0.2, 0.25) is 0 Å². The van der Waals surface area contributed by atoms with Crippen LogP contribution in [0.1, 0.15) is 30.1 Å². The minimum absolute atomic E-state index is 0.490. The number of para-hydroxylation sites is 2. The zero-order valence-electron chi connectivity index (χ0n) is 12.6. The van der Waals surface area contributed by atoms with Crippen LogP contribution in [-0.4, -0.2) is 24.4 Å². The first-order valence-corrected chi connectivity index (χ1v) is 7.21. The number of aryl methyl sites for hydroxylation is 3. The van der Waals surface area contributed by atoms with E-state index in [9.17, 15) is 5.11 Å². The number of nitrogens with zero attached hydrogens (tertiary/aromatic N) is 4. The van der Waals surface area contributed by atoms with Crippen molar-refractivity contribution in [3.05, 3.63) is 47.5 Å². The van der Waals surface area contributed by atoms with Crippen LogP contribution in [-0.2, 0) is 26.9 Å². The van der Waals surface area contributed by atoms with E-state index in [-0.39, 0.29) is 0 Å².